The maximum atomic E-state index is 6.17. The van der Waals surface area contributed by atoms with E-state index in [0.717, 1.165) is 16.3 Å². The lowest BCUT2D eigenvalue weighted by Crippen LogP contribution is -2.10. The second-order valence-corrected chi connectivity index (χ2v) is 5.86. The van der Waals surface area contributed by atoms with E-state index in [4.69, 9.17) is 16.1 Å². The van der Waals surface area contributed by atoms with Gasteiger partial charge in [-0.15, -0.1) is 11.3 Å². The van der Waals surface area contributed by atoms with Gasteiger partial charge in [0.05, 0.1) is 21.3 Å². The molecule has 0 aliphatic heterocycles. The number of hydrogen-bond donors (Lipinski definition) is 0. The molecule has 0 N–H and O–H groups in total. The van der Waals surface area contributed by atoms with Crippen LogP contribution in [0.3, 0.4) is 0 Å². The monoisotopic (exact) mass is 308 g/mol. The molecule has 1 unspecified atom stereocenters. The molecular weight excluding hydrogens is 296 g/mol. The van der Waals surface area contributed by atoms with Crippen LogP contribution >= 0.6 is 22.9 Å². The van der Waals surface area contributed by atoms with Crippen LogP contribution < -0.4 is 0 Å². The van der Waals surface area contributed by atoms with E-state index < -0.39 is 0 Å². The van der Waals surface area contributed by atoms with Crippen molar-refractivity contribution in [3.05, 3.63) is 39.8 Å². The summed E-state index contributed by atoms with van der Waals surface area (Å²) in [6.45, 7) is 5.76. The van der Waals surface area contributed by atoms with Gasteiger partial charge >= 0.3 is 0 Å². The van der Waals surface area contributed by atoms with Crippen LogP contribution in [0.1, 0.15) is 30.2 Å². The molecule has 3 rings (SSSR count). The molecule has 3 aromatic heterocycles. The first-order valence-corrected chi connectivity index (χ1v) is 7.42. The van der Waals surface area contributed by atoms with Crippen LogP contribution in [-0.2, 0) is 0 Å². The number of nitrogens with zero attached hydrogens (tertiary/aromatic N) is 4. The second-order valence-electron chi connectivity index (χ2n) is 4.54. The Morgan fingerprint density at radius 3 is 2.80 bits per heavy atom. The zero-order valence-electron chi connectivity index (χ0n) is 11.3. The van der Waals surface area contributed by atoms with Gasteiger partial charge in [0, 0.05) is 0 Å². The molecule has 3 aromatic rings. The van der Waals surface area contributed by atoms with Gasteiger partial charge < -0.3 is 4.52 Å². The van der Waals surface area contributed by atoms with Crippen LogP contribution in [0, 0.1) is 13.8 Å². The van der Waals surface area contributed by atoms with E-state index in [1.54, 1.807) is 11.3 Å². The maximum Gasteiger partial charge on any atom is 0.251 e. The molecule has 3 heterocycles. The van der Waals surface area contributed by atoms with E-state index in [9.17, 15) is 0 Å². The number of halogens is 1. The molecular formula is C13H13ClN4OS. The lowest BCUT2D eigenvalue weighted by Gasteiger charge is -2.09. The van der Waals surface area contributed by atoms with Gasteiger partial charge in [-0.25, -0.2) is 0 Å². The average Bonchev–Trinajstić information content (AvgIpc) is 3.14. The summed E-state index contributed by atoms with van der Waals surface area (Å²) in [4.78, 5) is 5.42. The average molecular weight is 309 g/mol. The quantitative estimate of drug-likeness (QED) is 0.737. The smallest absolute Gasteiger partial charge is 0.251 e. The third kappa shape index (κ3) is 2.14. The van der Waals surface area contributed by atoms with E-state index in [0.29, 0.717) is 16.7 Å². The lowest BCUT2D eigenvalue weighted by atomic mass is 10.3. The zero-order valence-corrected chi connectivity index (χ0v) is 12.9. The lowest BCUT2D eigenvalue weighted by molar-refractivity contribution is 0.334. The highest BCUT2D eigenvalue weighted by atomic mass is 35.5. The molecule has 0 spiro atoms. The molecule has 0 bridgehead atoms. The van der Waals surface area contributed by atoms with E-state index in [2.05, 4.69) is 15.2 Å². The van der Waals surface area contributed by atoms with Gasteiger partial charge in [0.2, 0.25) is 5.82 Å². The first-order chi connectivity index (χ1) is 9.58. The Morgan fingerprint density at radius 1 is 1.40 bits per heavy atom. The minimum absolute atomic E-state index is 0.151. The number of aryl methyl sites for hydroxylation is 1. The van der Waals surface area contributed by atoms with Crippen LogP contribution in [-0.4, -0.2) is 19.9 Å². The summed E-state index contributed by atoms with van der Waals surface area (Å²) in [5.74, 6) is 1.13. The summed E-state index contributed by atoms with van der Waals surface area (Å²) in [6.07, 6.45) is 0. The van der Waals surface area contributed by atoms with Gasteiger partial charge in [-0.05, 0) is 32.2 Å². The summed E-state index contributed by atoms with van der Waals surface area (Å²) in [5.41, 5.74) is 1.70. The summed E-state index contributed by atoms with van der Waals surface area (Å²) < 4.78 is 7.16. The fraction of sp³-hybridized carbons (Fsp3) is 0.308. The number of hydrogen-bond acceptors (Lipinski definition) is 5. The normalized spacial score (nSPS) is 12.8. The van der Waals surface area contributed by atoms with Gasteiger partial charge in [-0.2, -0.15) is 10.1 Å². The molecule has 1 atom stereocenters. The molecule has 0 saturated carbocycles. The van der Waals surface area contributed by atoms with E-state index in [1.165, 1.54) is 0 Å². The topological polar surface area (TPSA) is 56.7 Å². The summed E-state index contributed by atoms with van der Waals surface area (Å²) >= 11 is 7.75. The minimum Gasteiger partial charge on any atom is -0.337 e. The third-order valence-corrected chi connectivity index (χ3v) is 4.56. The second kappa shape index (κ2) is 5.03. The molecule has 0 saturated heterocycles. The predicted molar refractivity (Wildman–Crippen MR) is 78.1 cm³/mol. The van der Waals surface area contributed by atoms with Crippen LogP contribution in [0.5, 0.6) is 0 Å². The molecule has 0 aromatic carbocycles. The molecule has 20 heavy (non-hydrogen) atoms. The summed E-state index contributed by atoms with van der Waals surface area (Å²) in [6, 6.07) is 3.77. The number of aromatic nitrogens is 4. The van der Waals surface area contributed by atoms with Crippen molar-refractivity contribution in [2.24, 2.45) is 0 Å². The van der Waals surface area contributed by atoms with Crippen molar-refractivity contribution in [3.8, 4) is 10.7 Å². The molecule has 7 heteroatoms. The predicted octanol–water partition coefficient (Wildman–Crippen LogP) is 3.87. The van der Waals surface area contributed by atoms with Gasteiger partial charge in [-0.1, -0.05) is 22.8 Å². The number of thiophene rings is 1. The molecule has 0 aliphatic rings. The minimum atomic E-state index is -0.151. The molecule has 5 nitrogen and oxygen atoms in total. The first kappa shape index (κ1) is 13.3. The first-order valence-electron chi connectivity index (χ1n) is 6.16. The summed E-state index contributed by atoms with van der Waals surface area (Å²) in [5, 5.41) is 11.1. The highest BCUT2D eigenvalue weighted by Gasteiger charge is 2.21. The van der Waals surface area contributed by atoms with Crippen molar-refractivity contribution in [1.82, 2.24) is 19.9 Å². The van der Waals surface area contributed by atoms with Crippen LogP contribution in [0.4, 0.5) is 0 Å². The maximum absolute atomic E-state index is 6.17. The fourth-order valence-electron chi connectivity index (χ4n) is 2.04. The van der Waals surface area contributed by atoms with Gasteiger partial charge in [0.15, 0.2) is 0 Å². The van der Waals surface area contributed by atoms with Crippen LogP contribution in [0.25, 0.3) is 10.7 Å². The van der Waals surface area contributed by atoms with Crippen molar-refractivity contribution in [2.45, 2.75) is 26.8 Å². The van der Waals surface area contributed by atoms with Gasteiger partial charge in [-0.3, -0.25) is 4.68 Å². The molecule has 104 valence electrons. The zero-order chi connectivity index (χ0) is 14.3. The largest absolute Gasteiger partial charge is 0.337 e. The standard InChI is InChI=1S/C13H13ClN4OS/c1-7-11(14)8(2)18(16-7)9(3)13-15-12(17-19-13)10-5-4-6-20-10/h4-6,9H,1-3H3. The molecule has 0 radical (unpaired) electrons. The van der Waals surface area contributed by atoms with E-state index in [-0.39, 0.29) is 6.04 Å². The Balaban J connectivity index is 1.95. The Kier molecular flexibility index (Phi) is 3.35. The Morgan fingerprint density at radius 2 is 2.20 bits per heavy atom. The molecule has 0 amide bonds. The third-order valence-electron chi connectivity index (χ3n) is 3.14. The van der Waals surface area contributed by atoms with Gasteiger partial charge in [0.1, 0.15) is 6.04 Å². The van der Waals surface area contributed by atoms with Crippen molar-refractivity contribution < 1.29 is 4.52 Å². The number of rotatable bonds is 3. The summed E-state index contributed by atoms with van der Waals surface area (Å²) in [7, 11) is 0. The highest BCUT2D eigenvalue weighted by molar-refractivity contribution is 7.13. The fourth-order valence-corrected chi connectivity index (χ4v) is 2.81. The molecule has 0 aliphatic carbocycles. The van der Waals surface area contributed by atoms with Crippen LogP contribution in [0.2, 0.25) is 5.02 Å². The van der Waals surface area contributed by atoms with Crippen molar-refractivity contribution >= 4 is 22.9 Å². The Bertz CT molecular complexity index is 732. The Hall–Kier alpha value is -1.66. The highest BCUT2D eigenvalue weighted by Crippen LogP contribution is 2.27. The van der Waals surface area contributed by atoms with E-state index in [1.807, 2.05) is 43.0 Å². The Labute approximate surface area is 125 Å². The van der Waals surface area contributed by atoms with Crippen LogP contribution in [0.15, 0.2) is 22.0 Å². The molecule has 0 fully saturated rings. The SMILES string of the molecule is Cc1nn(C(C)c2nc(-c3cccs3)no2)c(C)c1Cl. The van der Waals surface area contributed by atoms with Gasteiger partial charge in [0.25, 0.3) is 5.89 Å². The van der Waals surface area contributed by atoms with Crippen molar-refractivity contribution in [1.29, 1.82) is 0 Å². The van der Waals surface area contributed by atoms with Crippen molar-refractivity contribution in [3.63, 3.8) is 0 Å². The van der Waals surface area contributed by atoms with Crippen molar-refractivity contribution in [2.75, 3.05) is 0 Å². The van der Waals surface area contributed by atoms with E-state index >= 15 is 0 Å².